The number of esters is 1. The van der Waals surface area contributed by atoms with E-state index < -0.39 is 37.7 Å². The van der Waals surface area contributed by atoms with E-state index in [1.165, 1.54) is 23.7 Å². The van der Waals surface area contributed by atoms with E-state index >= 15 is 0 Å². The van der Waals surface area contributed by atoms with E-state index in [2.05, 4.69) is 39.8 Å². The van der Waals surface area contributed by atoms with Crippen molar-refractivity contribution in [1.29, 1.82) is 0 Å². The average molecular weight is 777 g/mol. The van der Waals surface area contributed by atoms with Crippen LogP contribution in [0, 0.1) is 24.3 Å². The number of rotatable bonds is 23. The minimum absolute atomic E-state index is 0.103. The highest BCUT2D eigenvalue weighted by atomic mass is 31.2. The Morgan fingerprint density at radius 2 is 1.73 bits per heavy atom. The number of terminal acetylenes is 1. The number of halogens is 1. The number of anilines is 1. The lowest BCUT2D eigenvalue weighted by molar-refractivity contribution is -0.147. The van der Waals surface area contributed by atoms with Gasteiger partial charge in [-0.1, -0.05) is 120 Å². The number of hydrogen-bond donors (Lipinski definition) is 2. The maximum atomic E-state index is 14.8. The molecule has 55 heavy (non-hydrogen) atoms. The number of nitrogen functional groups attached to an aromatic ring is 1. The first-order chi connectivity index (χ1) is 26.7. The second-order valence-electron chi connectivity index (χ2n) is 14.2. The first-order valence-corrected chi connectivity index (χ1v) is 21.0. The Labute approximate surface area is 323 Å². The Morgan fingerprint density at radius 3 is 2.38 bits per heavy atom. The minimum Gasteiger partial charge on any atom is -0.464 e. The molecule has 3 heterocycles. The molecule has 2 aromatic heterocycles. The Balaban J connectivity index is 1.34. The summed E-state index contributed by atoms with van der Waals surface area (Å²) in [5.41, 5.74) is 5.70. The van der Waals surface area contributed by atoms with E-state index in [0.717, 1.165) is 56.9 Å². The number of ether oxygens (including phenoxy) is 2. The molecule has 0 aliphatic carbocycles. The molecule has 1 fully saturated rings. The lowest BCUT2D eigenvalue weighted by Gasteiger charge is -2.29. The van der Waals surface area contributed by atoms with Gasteiger partial charge in [-0.05, 0) is 55.7 Å². The molecule has 1 aliphatic heterocycles. The molecule has 1 aliphatic rings. The number of nitrogens with two attached hydrogens (primary N) is 1. The summed E-state index contributed by atoms with van der Waals surface area (Å²) in [6.45, 7) is 4.29. The fraction of sp³-hybridized carbons (Fsp3) is 0.512. The van der Waals surface area contributed by atoms with Gasteiger partial charge in [-0.15, -0.1) is 6.42 Å². The number of carbonyl (C=O) groups excluding carboxylic acids is 1. The third-order valence-corrected chi connectivity index (χ3v) is 11.4. The van der Waals surface area contributed by atoms with Crippen LogP contribution in [0.4, 0.5) is 10.2 Å². The van der Waals surface area contributed by atoms with Crippen LogP contribution in [0.3, 0.4) is 0 Å². The second kappa shape index (κ2) is 20.5. The van der Waals surface area contributed by atoms with Crippen molar-refractivity contribution in [3.8, 4) is 18.1 Å². The van der Waals surface area contributed by atoms with Gasteiger partial charge in [-0.3, -0.25) is 13.9 Å². The first-order valence-electron chi connectivity index (χ1n) is 19.4. The number of aromatic nitrogens is 4. The largest absolute Gasteiger partial charge is 0.464 e. The molecule has 1 saturated heterocycles. The molecule has 0 saturated carbocycles. The SMILES string of the molecule is C#C[C@@]1(COP(=O)(N[C@@H](Cc2ccccc2)C(=O)OCC(CCCCCC)CCCCCC)Oc2ccccc2)CC[C@H](n2cnc3c(N)nc(F)nc32)O1. The zero-order valence-electron chi connectivity index (χ0n) is 31.9. The van der Waals surface area contributed by atoms with Crippen molar-refractivity contribution in [3.05, 3.63) is 78.6 Å². The summed E-state index contributed by atoms with van der Waals surface area (Å²) in [7, 11) is -4.36. The fourth-order valence-electron chi connectivity index (χ4n) is 6.76. The van der Waals surface area contributed by atoms with Gasteiger partial charge in [0.1, 0.15) is 18.0 Å². The fourth-order valence-corrected chi connectivity index (χ4v) is 8.30. The van der Waals surface area contributed by atoms with Crippen LogP contribution in [-0.2, 0) is 29.8 Å². The Hall–Kier alpha value is -4.34. The van der Waals surface area contributed by atoms with Gasteiger partial charge >= 0.3 is 19.8 Å². The van der Waals surface area contributed by atoms with Gasteiger partial charge in [0, 0.05) is 0 Å². The number of carbonyl (C=O) groups is 1. The number of imidazole rings is 1. The quantitative estimate of drug-likeness (QED) is 0.0245. The predicted molar refractivity (Wildman–Crippen MR) is 210 cm³/mol. The van der Waals surface area contributed by atoms with E-state index in [1.807, 2.05) is 30.3 Å². The van der Waals surface area contributed by atoms with Crippen LogP contribution in [-0.4, -0.2) is 50.3 Å². The van der Waals surface area contributed by atoms with Gasteiger partial charge in [0.2, 0.25) is 0 Å². The molecule has 0 amide bonds. The topological polar surface area (TPSA) is 153 Å². The Morgan fingerprint density at radius 1 is 1.05 bits per heavy atom. The van der Waals surface area contributed by atoms with Crippen molar-refractivity contribution in [2.75, 3.05) is 18.9 Å². The van der Waals surface area contributed by atoms with Crippen molar-refractivity contribution in [2.45, 2.75) is 115 Å². The summed E-state index contributed by atoms with van der Waals surface area (Å²) in [5, 5.41) is 2.94. The molecule has 0 radical (unpaired) electrons. The number of benzene rings is 2. The zero-order chi connectivity index (χ0) is 39.1. The van der Waals surface area contributed by atoms with E-state index in [4.69, 9.17) is 30.7 Å². The highest BCUT2D eigenvalue weighted by Crippen LogP contribution is 2.48. The minimum atomic E-state index is -4.36. The highest BCUT2D eigenvalue weighted by Gasteiger charge is 2.44. The van der Waals surface area contributed by atoms with Gasteiger partial charge in [0.15, 0.2) is 22.6 Å². The molecule has 4 atom stereocenters. The monoisotopic (exact) mass is 776 g/mol. The highest BCUT2D eigenvalue weighted by molar-refractivity contribution is 7.52. The normalized spacial score (nSPS) is 18.6. The third kappa shape index (κ3) is 12.1. The van der Waals surface area contributed by atoms with Crippen molar-refractivity contribution in [2.24, 2.45) is 5.92 Å². The molecule has 0 spiro atoms. The standard InChI is InChI=1S/C41H54FN6O6P/c1-4-7-9-13-21-32(22-14-10-8-5-2)28-51-39(49)34(27-31-19-15-11-16-20-31)47-55(50,54-33-23-17-12-18-24-33)52-29-41(6-3)26-25-35(53-41)48-30-44-36-37(43)45-40(42)46-38(36)48/h3,11-12,15-20,23-24,30,32,34-35H,4-5,7-10,13-14,21-22,25-29H2,1-2H3,(H,47,50)(H2,43,45,46)/t34-,35+,41-,55?/m0/s1. The molecule has 0 bridgehead atoms. The lowest BCUT2D eigenvalue weighted by atomic mass is 9.95. The Bertz CT molecular complexity index is 1880. The smallest absolute Gasteiger partial charge is 0.459 e. The van der Waals surface area contributed by atoms with Gasteiger partial charge in [-0.2, -0.15) is 19.4 Å². The molecule has 296 valence electrons. The maximum Gasteiger partial charge on any atom is 0.459 e. The van der Waals surface area contributed by atoms with Gasteiger partial charge in [0.25, 0.3) is 0 Å². The van der Waals surface area contributed by atoms with Crippen LogP contribution in [0.5, 0.6) is 5.75 Å². The number of nitrogens with one attached hydrogen (secondary N) is 1. The van der Waals surface area contributed by atoms with Crippen molar-refractivity contribution in [1.82, 2.24) is 24.6 Å². The van der Waals surface area contributed by atoms with E-state index in [-0.39, 0.29) is 54.7 Å². The number of hydrogen-bond acceptors (Lipinski definition) is 10. The second-order valence-corrected chi connectivity index (χ2v) is 15.9. The van der Waals surface area contributed by atoms with E-state index in [9.17, 15) is 13.8 Å². The molecular weight excluding hydrogens is 722 g/mol. The number of fused-ring (bicyclic) bond motifs is 1. The number of unbranched alkanes of at least 4 members (excludes halogenated alkanes) is 6. The molecule has 3 N–H and O–H groups in total. The van der Waals surface area contributed by atoms with Gasteiger partial charge in [0.05, 0.1) is 19.5 Å². The summed E-state index contributed by atoms with van der Waals surface area (Å²) >= 11 is 0. The summed E-state index contributed by atoms with van der Waals surface area (Å²) in [6.07, 6.45) is 17.7. The first kappa shape index (κ1) is 41.8. The van der Waals surface area contributed by atoms with Crippen LogP contribution in [0.1, 0.15) is 103 Å². The van der Waals surface area contributed by atoms with Crippen LogP contribution < -0.4 is 15.3 Å². The molecule has 1 unspecified atom stereocenters. The molecule has 2 aromatic carbocycles. The van der Waals surface area contributed by atoms with Crippen LogP contribution in [0.2, 0.25) is 0 Å². The van der Waals surface area contributed by atoms with Gasteiger partial charge in [-0.25, -0.2) is 9.55 Å². The average Bonchev–Trinajstić information content (AvgIpc) is 3.82. The molecule has 14 heteroatoms. The summed E-state index contributed by atoms with van der Waals surface area (Å²) in [5.74, 6) is 2.50. The molecular formula is C41H54FN6O6P. The summed E-state index contributed by atoms with van der Waals surface area (Å²) in [4.78, 5) is 25.6. The van der Waals surface area contributed by atoms with Crippen molar-refractivity contribution < 1.29 is 32.3 Å². The summed E-state index contributed by atoms with van der Waals surface area (Å²) in [6, 6.07) is 16.9. The third-order valence-electron chi connectivity index (χ3n) is 9.86. The number of para-hydroxylation sites is 1. The molecule has 4 aromatic rings. The number of nitrogens with zero attached hydrogens (tertiary/aromatic N) is 4. The molecule has 12 nitrogen and oxygen atoms in total. The Kier molecular flexibility index (Phi) is 15.6. The molecule has 5 rings (SSSR count). The van der Waals surface area contributed by atoms with E-state index in [0.29, 0.717) is 6.42 Å². The van der Waals surface area contributed by atoms with Gasteiger partial charge < -0.3 is 19.7 Å². The maximum absolute atomic E-state index is 14.8. The van der Waals surface area contributed by atoms with E-state index in [1.54, 1.807) is 30.3 Å². The van der Waals surface area contributed by atoms with Crippen molar-refractivity contribution >= 4 is 30.7 Å². The summed E-state index contributed by atoms with van der Waals surface area (Å²) < 4.78 is 55.0. The predicted octanol–water partition coefficient (Wildman–Crippen LogP) is 8.73. The van der Waals surface area contributed by atoms with Crippen LogP contribution >= 0.6 is 7.75 Å². The van der Waals surface area contributed by atoms with Crippen LogP contribution in [0.15, 0.2) is 67.0 Å². The zero-order valence-corrected chi connectivity index (χ0v) is 32.8. The van der Waals surface area contributed by atoms with Crippen molar-refractivity contribution in [3.63, 3.8) is 0 Å². The lowest BCUT2D eigenvalue weighted by Crippen LogP contribution is -2.41. The van der Waals surface area contributed by atoms with Crippen LogP contribution in [0.25, 0.3) is 11.2 Å².